The molecule has 9 heavy (non-hydrogen) atoms. The van der Waals surface area contributed by atoms with Crippen LogP contribution in [-0.2, 0) is 27.4 Å². The van der Waals surface area contributed by atoms with Gasteiger partial charge in [-0.3, -0.25) is 0 Å². The molecule has 0 rings (SSSR count). The minimum absolute atomic E-state index is 0. The van der Waals surface area contributed by atoms with Crippen molar-refractivity contribution in [1.29, 1.82) is 0 Å². The SMILES string of the molecule is [Al+3].[Al+3].[Mg+2].[Mg+2].[O-2].[O-2].[O-2].[O-2].[O-2]. The van der Waals surface area contributed by atoms with Crippen LogP contribution < -0.4 is 0 Å². The molecule has 0 unspecified atom stereocenters. The fourth-order valence-electron chi connectivity index (χ4n) is 0. The molecule has 0 radical (unpaired) electrons. The van der Waals surface area contributed by atoms with Crippen LogP contribution in [0, 0.1) is 0 Å². The molecule has 9 heteroatoms. The van der Waals surface area contributed by atoms with Gasteiger partial charge in [-0.25, -0.2) is 0 Å². The van der Waals surface area contributed by atoms with E-state index >= 15 is 0 Å². The maximum atomic E-state index is 0. The summed E-state index contributed by atoms with van der Waals surface area (Å²) in [5.41, 5.74) is 0. The van der Waals surface area contributed by atoms with Gasteiger partial charge in [0.15, 0.2) is 0 Å². The molecule has 5 nitrogen and oxygen atoms in total. The van der Waals surface area contributed by atoms with Gasteiger partial charge in [-0.05, 0) is 0 Å². The van der Waals surface area contributed by atoms with E-state index < -0.39 is 0 Å². The molecule has 0 bridgehead atoms. The van der Waals surface area contributed by atoms with Gasteiger partial charge in [-0.15, -0.1) is 0 Å². The molecule has 0 atom stereocenters. The van der Waals surface area contributed by atoms with Crippen molar-refractivity contribution in [2.45, 2.75) is 0 Å². The third-order valence-electron chi connectivity index (χ3n) is 0. The van der Waals surface area contributed by atoms with Crippen molar-refractivity contribution in [2.75, 3.05) is 0 Å². The van der Waals surface area contributed by atoms with Gasteiger partial charge < -0.3 is 27.4 Å². The molecule has 0 amide bonds. The van der Waals surface area contributed by atoms with E-state index in [0.717, 1.165) is 0 Å². The van der Waals surface area contributed by atoms with Crippen molar-refractivity contribution < 1.29 is 27.4 Å². The van der Waals surface area contributed by atoms with Gasteiger partial charge in [-0.1, -0.05) is 0 Å². The van der Waals surface area contributed by atoms with Gasteiger partial charge in [0.05, 0.1) is 0 Å². The molecule has 0 aliphatic carbocycles. The average molecular weight is 183 g/mol. The van der Waals surface area contributed by atoms with Gasteiger partial charge in [0.25, 0.3) is 0 Å². The summed E-state index contributed by atoms with van der Waals surface area (Å²) in [5.74, 6) is 0. The van der Waals surface area contributed by atoms with Gasteiger partial charge >= 0.3 is 80.8 Å². The first-order chi connectivity index (χ1) is 0. The Hall–Kier alpha value is 2.40. The van der Waals surface area contributed by atoms with E-state index in [0.29, 0.717) is 0 Å². The molecular weight excluding hydrogens is 183 g/mol. The first kappa shape index (κ1) is 214. The minimum atomic E-state index is 0. The Morgan fingerprint density at radius 3 is 0.333 bits per heavy atom. The molecule has 0 N–H and O–H groups in total. The van der Waals surface area contributed by atoms with E-state index in [4.69, 9.17) is 0 Å². The summed E-state index contributed by atoms with van der Waals surface area (Å²) in [4.78, 5) is 0. The second-order valence-electron chi connectivity index (χ2n) is 0. The van der Waals surface area contributed by atoms with E-state index in [2.05, 4.69) is 0 Å². The predicted octanol–water partition coefficient (Wildman–Crippen LogP) is -2.12. The molecule has 0 fully saturated rings. The fourth-order valence-corrected chi connectivity index (χ4v) is 0. The van der Waals surface area contributed by atoms with Crippen LogP contribution in [0.5, 0.6) is 0 Å². The van der Waals surface area contributed by atoms with Crippen LogP contribution in [0.25, 0.3) is 0 Å². The van der Waals surface area contributed by atoms with Crippen LogP contribution >= 0.6 is 0 Å². The average Bonchev–Trinajstić information content (AvgIpc) is 0. The van der Waals surface area contributed by atoms with Gasteiger partial charge in [0.2, 0.25) is 0 Å². The largest absolute Gasteiger partial charge is 3.00 e. The van der Waals surface area contributed by atoms with Crippen LogP contribution in [0.1, 0.15) is 0 Å². The molecule has 0 saturated carbocycles. The zero-order chi connectivity index (χ0) is 0. The van der Waals surface area contributed by atoms with Crippen LogP contribution in [0.2, 0.25) is 0 Å². The Morgan fingerprint density at radius 2 is 0.333 bits per heavy atom. The molecule has 0 aliphatic rings. The third kappa shape index (κ3) is 128. The summed E-state index contributed by atoms with van der Waals surface area (Å²) in [7, 11) is 0. The third-order valence-corrected chi connectivity index (χ3v) is 0. The summed E-state index contributed by atoms with van der Waals surface area (Å²) in [6, 6.07) is 0. The smallest absolute Gasteiger partial charge is 2.00 e. The van der Waals surface area contributed by atoms with Crippen molar-refractivity contribution in [2.24, 2.45) is 0 Å². The molecule has 0 spiro atoms. The van der Waals surface area contributed by atoms with Crippen molar-refractivity contribution >= 4 is 80.8 Å². The number of hydrogen-bond donors (Lipinski definition) is 0. The Labute approximate surface area is 107 Å². The summed E-state index contributed by atoms with van der Waals surface area (Å²) in [6.07, 6.45) is 0. The summed E-state index contributed by atoms with van der Waals surface area (Å²) < 4.78 is 0. The Kier molecular flexibility index (Phi) is 3810. The quantitative estimate of drug-likeness (QED) is 0.378. The van der Waals surface area contributed by atoms with Crippen molar-refractivity contribution in [3.05, 3.63) is 0 Å². The number of rotatable bonds is 0. The van der Waals surface area contributed by atoms with Crippen molar-refractivity contribution in [3.63, 3.8) is 0 Å². The van der Waals surface area contributed by atoms with Crippen molar-refractivity contribution in [3.8, 4) is 0 Å². The van der Waals surface area contributed by atoms with E-state index in [9.17, 15) is 0 Å². The predicted molar refractivity (Wildman–Crippen MR) is 26.4 cm³/mol. The van der Waals surface area contributed by atoms with Crippen LogP contribution in [0.4, 0.5) is 0 Å². The molecule has 0 heterocycles. The summed E-state index contributed by atoms with van der Waals surface area (Å²) >= 11 is 0. The van der Waals surface area contributed by atoms with E-state index in [1.54, 1.807) is 0 Å². The standard InChI is InChI=1S/2Al.2Mg.5O/q2*+3;2*+2;5*-2. The monoisotopic (exact) mass is 182 g/mol. The van der Waals surface area contributed by atoms with Crippen LogP contribution in [0.15, 0.2) is 0 Å². The molecule has 0 aliphatic heterocycles. The normalized spacial score (nSPS) is 0. The van der Waals surface area contributed by atoms with Gasteiger partial charge in [0, 0.05) is 0 Å². The summed E-state index contributed by atoms with van der Waals surface area (Å²) in [6.45, 7) is 0. The number of hydrogen-bond acceptors (Lipinski definition) is 0. The second kappa shape index (κ2) is 160. The second-order valence-corrected chi connectivity index (χ2v) is 0. The Bertz CT molecular complexity index is 12.9. The van der Waals surface area contributed by atoms with Gasteiger partial charge in [0.1, 0.15) is 0 Å². The molecule has 0 aromatic heterocycles. The van der Waals surface area contributed by atoms with E-state index in [1.807, 2.05) is 0 Å². The Morgan fingerprint density at radius 1 is 0.333 bits per heavy atom. The first-order valence-corrected chi connectivity index (χ1v) is 0. The van der Waals surface area contributed by atoms with Crippen LogP contribution in [-0.4, -0.2) is 80.8 Å². The molecule has 0 aromatic rings. The van der Waals surface area contributed by atoms with Crippen molar-refractivity contribution in [1.82, 2.24) is 0 Å². The van der Waals surface area contributed by atoms with E-state index in [1.165, 1.54) is 0 Å². The molecular formula is Al2Mg2O5. The summed E-state index contributed by atoms with van der Waals surface area (Å²) in [5, 5.41) is 0. The zero-order valence-electron chi connectivity index (χ0n) is 4.61. The maximum absolute atomic E-state index is 0. The first-order valence-electron chi connectivity index (χ1n) is 0. The fraction of sp³-hybridized carbons (Fsp3) is 0. The van der Waals surface area contributed by atoms with E-state index in [-0.39, 0.29) is 108 Å². The maximum Gasteiger partial charge on any atom is 3.00 e. The topological polar surface area (TPSA) is 142 Å². The zero-order valence-corrected chi connectivity index (χ0v) is 9.75. The molecule has 40 valence electrons. The molecule has 0 aromatic carbocycles. The van der Waals surface area contributed by atoms with Crippen LogP contribution in [0.3, 0.4) is 0 Å². The Balaban J connectivity index is 0. The van der Waals surface area contributed by atoms with Gasteiger partial charge in [-0.2, -0.15) is 0 Å². The molecule has 0 saturated heterocycles. The minimum Gasteiger partial charge on any atom is -2.00 e.